The van der Waals surface area contributed by atoms with E-state index in [4.69, 9.17) is 23.7 Å². The maximum Gasteiger partial charge on any atom is 0.354 e. The Hall–Kier alpha value is -3.33. The third kappa shape index (κ3) is 7.17. The summed E-state index contributed by atoms with van der Waals surface area (Å²) in [5, 5.41) is 47.9. The Bertz CT molecular complexity index is 1320. The molecular formula is C34H50O14. The van der Waals surface area contributed by atoms with Crippen LogP contribution < -0.4 is 0 Å². The molecule has 1 fully saturated rings. The summed E-state index contributed by atoms with van der Waals surface area (Å²) in [7, 11) is 0. The summed E-state index contributed by atoms with van der Waals surface area (Å²) in [6.45, 7) is 10.2. The van der Waals surface area contributed by atoms with Gasteiger partial charge in [-0.3, -0.25) is 19.2 Å². The predicted molar refractivity (Wildman–Crippen MR) is 166 cm³/mol. The lowest BCUT2D eigenvalue weighted by atomic mass is 9.53. The summed E-state index contributed by atoms with van der Waals surface area (Å²) in [5.74, 6) is -6.57. The van der Waals surface area contributed by atoms with Crippen LogP contribution in [0, 0.1) is 11.3 Å². The first kappa shape index (κ1) is 39.1. The van der Waals surface area contributed by atoms with Crippen molar-refractivity contribution in [1.29, 1.82) is 0 Å². The van der Waals surface area contributed by atoms with E-state index in [0.29, 0.717) is 6.42 Å². The van der Waals surface area contributed by atoms with Crippen molar-refractivity contribution in [2.45, 2.75) is 147 Å². The Kier molecular flexibility index (Phi) is 11.9. The van der Waals surface area contributed by atoms with Crippen LogP contribution in [0.2, 0.25) is 0 Å². The Morgan fingerprint density at radius 1 is 0.875 bits per heavy atom. The number of aliphatic hydroxyl groups excluding tert-OH is 2. The van der Waals surface area contributed by atoms with E-state index < -0.39 is 94.6 Å². The summed E-state index contributed by atoms with van der Waals surface area (Å²) in [4.78, 5) is 64.5. The molecule has 0 aromatic carbocycles. The number of ether oxygens (including phenoxy) is 5. The molecule has 3 rings (SSSR count). The first-order valence-electron chi connectivity index (χ1n) is 16.3. The van der Waals surface area contributed by atoms with Gasteiger partial charge in [0.05, 0.1) is 5.60 Å². The molecule has 0 unspecified atom stereocenters. The Labute approximate surface area is 280 Å². The van der Waals surface area contributed by atoms with Crippen molar-refractivity contribution in [3.05, 3.63) is 23.8 Å². The summed E-state index contributed by atoms with van der Waals surface area (Å²) in [6, 6.07) is 0. The first-order chi connectivity index (χ1) is 22.2. The van der Waals surface area contributed by atoms with E-state index in [1.807, 2.05) is 0 Å². The monoisotopic (exact) mass is 682 g/mol. The SMILES string of the molecule is CCCCCCCC(=O)O[C@H]1/C(C)=C\[C@@H]2OC(=O)[C@@](C)(OC(C)=O)[C@@]2(O)[C@H](OC(C)=O)[C@H]2[C@](C)(O)[C@H](O)C=C[C@]2(C)[C@@H](OC(C)=O)[C@@H]1O. The van der Waals surface area contributed by atoms with Gasteiger partial charge in [-0.05, 0) is 38.8 Å². The van der Waals surface area contributed by atoms with Crippen LogP contribution in [0.5, 0.6) is 0 Å². The molecule has 270 valence electrons. The van der Waals surface area contributed by atoms with Gasteiger partial charge in [0.25, 0.3) is 0 Å². The Morgan fingerprint density at radius 2 is 1.46 bits per heavy atom. The van der Waals surface area contributed by atoms with Crippen molar-refractivity contribution in [3.63, 3.8) is 0 Å². The van der Waals surface area contributed by atoms with Gasteiger partial charge in [0, 0.05) is 38.5 Å². The molecule has 0 radical (unpaired) electrons. The van der Waals surface area contributed by atoms with Crippen LogP contribution in [-0.2, 0) is 47.7 Å². The molecule has 14 heteroatoms. The third-order valence-electron chi connectivity index (χ3n) is 9.87. The second-order valence-corrected chi connectivity index (χ2v) is 13.7. The lowest BCUT2D eigenvalue weighted by Gasteiger charge is -2.57. The summed E-state index contributed by atoms with van der Waals surface area (Å²) >= 11 is 0. The van der Waals surface area contributed by atoms with E-state index in [-0.39, 0.29) is 12.0 Å². The molecular weight excluding hydrogens is 632 g/mol. The number of hydrogen-bond donors (Lipinski definition) is 4. The molecule has 3 aliphatic rings. The molecule has 0 aromatic rings. The van der Waals surface area contributed by atoms with Crippen LogP contribution in [0.1, 0.15) is 93.9 Å². The van der Waals surface area contributed by atoms with E-state index in [1.165, 1.54) is 32.9 Å². The van der Waals surface area contributed by atoms with Gasteiger partial charge in [0.15, 0.2) is 17.8 Å². The number of aliphatic hydroxyl groups is 4. The molecule has 0 bridgehead atoms. The van der Waals surface area contributed by atoms with E-state index in [9.17, 15) is 44.4 Å². The topological polar surface area (TPSA) is 212 Å². The third-order valence-corrected chi connectivity index (χ3v) is 9.87. The molecule has 1 heterocycles. The maximum absolute atomic E-state index is 13.6. The van der Waals surface area contributed by atoms with Gasteiger partial charge in [0.2, 0.25) is 5.60 Å². The fourth-order valence-corrected chi connectivity index (χ4v) is 7.40. The van der Waals surface area contributed by atoms with Gasteiger partial charge in [-0.2, -0.15) is 0 Å². The second kappa shape index (κ2) is 14.7. The minimum Gasteiger partial charge on any atom is -0.459 e. The van der Waals surface area contributed by atoms with Gasteiger partial charge >= 0.3 is 29.8 Å². The highest BCUT2D eigenvalue weighted by atomic mass is 16.7. The maximum atomic E-state index is 13.6. The highest BCUT2D eigenvalue weighted by molar-refractivity contribution is 5.87. The zero-order valence-corrected chi connectivity index (χ0v) is 28.9. The van der Waals surface area contributed by atoms with Crippen molar-refractivity contribution < 1.29 is 68.1 Å². The van der Waals surface area contributed by atoms with Gasteiger partial charge in [0.1, 0.15) is 24.4 Å². The number of carbonyl (C=O) groups is 5. The molecule has 0 aromatic heterocycles. The molecule has 14 nitrogen and oxygen atoms in total. The lowest BCUT2D eigenvalue weighted by Crippen LogP contribution is -2.74. The number of carbonyl (C=O) groups excluding carboxylic acids is 5. The minimum atomic E-state index is -2.83. The average Bonchev–Trinajstić information content (AvgIpc) is 3.15. The molecule has 0 saturated carbocycles. The number of unbranched alkanes of at least 4 members (excludes halogenated alkanes) is 4. The fraction of sp³-hybridized carbons (Fsp3) is 0.735. The number of rotatable bonds is 10. The molecule has 4 N–H and O–H groups in total. The zero-order chi connectivity index (χ0) is 36.4. The summed E-state index contributed by atoms with van der Waals surface area (Å²) < 4.78 is 28.2. The smallest absolute Gasteiger partial charge is 0.354 e. The molecule has 1 aliphatic heterocycles. The average molecular weight is 683 g/mol. The van der Waals surface area contributed by atoms with Crippen LogP contribution in [0.3, 0.4) is 0 Å². The normalized spacial score (nSPS) is 40.3. The van der Waals surface area contributed by atoms with Gasteiger partial charge in [-0.15, -0.1) is 0 Å². The minimum absolute atomic E-state index is 0.000542. The van der Waals surface area contributed by atoms with Crippen molar-refractivity contribution in [2.75, 3.05) is 0 Å². The summed E-state index contributed by atoms with van der Waals surface area (Å²) in [6.07, 6.45) is -2.80. The number of fused-ring (bicyclic) bond motifs is 2. The Morgan fingerprint density at radius 3 is 2.02 bits per heavy atom. The van der Waals surface area contributed by atoms with Gasteiger partial charge < -0.3 is 44.1 Å². The van der Waals surface area contributed by atoms with Crippen LogP contribution in [0.15, 0.2) is 23.8 Å². The van der Waals surface area contributed by atoms with Gasteiger partial charge in [-0.1, -0.05) is 51.7 Å². The highest BCUT2D eigenvalue weighted by Crippen LogP contribution is 2.56. The molecule has 1 saturated heterocycles. The first-order valence-corrected chi connectivity index (χ1v) is 16.3. The summed E-state index contributed by atoms with van der Waals surface area (Å²) in [5.41, 5.74) is -9.59. The predicted octanol–water partition coefficient (Wildman–Crippen LogP) is 1.73. The number of esters is 5. The van der Waals surface area contributed by atoms with Crippen LogP contribution in [0.4, 0.5) is 0 Å². The number of hydrogen-bond acceptors (Lipinski definition) is 14. The fourth-order valence-electron chi connectivity index (χ4n) is 7.40. The molecule has 0 spiro atoms. The molecule has 2 aliphatic carbocycles. The highest BCUT2D eigenvalue weighted by Gasteiger charge is 2.76. The van der Waals surface area contributed by atoms with E-state index >= 15 is 0 Å². The van der Waals surface area contributed by atoms with Crippen LogP contribution in [-0.4, -0.2) is 104 Å². The standard InChI is InChI=1S/C34H50O14/c1-9-10-11-12-13-14-24(39)47-26-18(2)17-23-34(43,33(8,30(41)46-23)48-21(5)37)29(45-20(4)36)27-31(6,16-15-22(38)32(27,7)42)28(25(26)40)44-19(3)35/h15-17,22-23,25-29,38,40,42-43H,9-14H2,1-8H3/b18-17-/t22-,23+,25-,26+,27-,28+,29-,31+,32-,33-,34+/m1/s1. The van der Waals surface area contributed by atoms with Crippen molar-refractivity contribution in [1.82, 2.24) is 0 Å². The molecule has 0 amide bonds. The van der Waals surface area contributed by atoms with E-state index in [1.54, 1.807) is 0 Å². The van der Waals surface area contributed by atoms with E-state index in [0.717, 1.165) is 59.5 Å². The van der Waals surface area contributed by atoms with Gasteiger partial charge in [-0.25, -0.2) is 4.79 Å². The van der Waals surface area contributed by atoms with Crippen LogP contribution >= 0.6 is 0 Å². The van der Waals surface area contributed by atoms with Crippen molar-refractivity contribution in [2.24, 2.45) is 11.3 Å². The largest absolute Gasteiger partial charge is 0.459 e. The zero-order valence-electron chi connectivity index (χ0n) is 28.9. The van der Waals surface area contributed by atoms with E-state index in [2.05, 4.69) is 6.92 Å². The van der Waals surface area contributed by atoms with Crippen molar-refractivity contribution >= 4 is 29.8 Å². The Balaban J connectivity index is 2.38. The quantitative estimate of drug-likeness (QED) is 0.112. The second-order valence-electron chi connectivity index (χ2n) is 13.7. The van der Waals surface area contributed by atoms with Crippen LogP contribution in [0.25, 0.3) is 0 Å². The van der Waals surface area contributed by atoms with Crippen molar-refractivity contribution in [3.8, 4) is 0 Å². The molecule has 11 atom stereocenters. The lowest BCUT2D eigenvalue weighted by molar-refractivity contribution is -0.266. The molecule has 48 heavy (non-hydrogen) atoms.